The third-order valence-electron chi connectivity index (χ3n) is 6.21. The van der Waals surface area contributed by atoms with Crippen molar-refractivity contribution in [1.29, 1.82) is 0 Å². The summed E-state index contributed by atoms with van der Waals surface area (Å²) in [5.74, 6) is -2.54. The average molecular weight is 449 g/mol. The van der Waals surface area contributed by atoms with E-state index in [9.17, 15) is 22.8 Å². The molecule has 0 radical (unpaired) electrons. The zero-order valence-electron chi connectivity index (χ0n) is 20.2. The number of carbonyl (C=O) groups excluding carboxylic acids is 2. The van der Waals surface area contributed by atoms with Gasteiger partial charge in [0.2, 0.25) is 0 Å². The molecule has 0 aliphatic carbocycles. The quantitative estimate of drug-likeness (QED) is 0.244. The van der Waals surface area contributed by atoms with Crippen LogP contribution in [0.5, 0.6) is 0 Å². The normalized spacial score (nSPS) is 15.4. The van der Waals surface area contributed by atoms with Crippen LogP contribution < -0.4 is 0 Å². The number of esters is 2. The highest BCUT2D eigenvalue weighted by atomic mass is 19.4. The Kier molecular flexibility index (Phi) is 10.5. The van der Waals surface area contributed by atoms with Crippen molar-refractivity contribution in [3.63, 3.8) is 0 Å². The van der Waals surface area contributed by atoms with Crippen LogP contribution in [-0.2, 0) is 19.1 Å². The van der Waals surface area contributed by atoms with E-state index in [1.54, 1.807) is 6.92 Å². The zero-order valence-corrected chi connectivity index (χ0v) is 20.2. The van der Waals surface area contributed by atoms with Gasteiger partial charge in [-0.05, 0) is 57.3 Å². The molecule has 4 nitrogen and oxygen atoms in total. The molecule has 180 valence electrons. The summed E-state index contributed by atoms with van der Waals surface area (Å²) in [7, 11) is 0. The number of hydrogen-bond acceptors (Lipinski definition) is 4. The van der Waals surface area contributed by atoms with Gasteiger partial charge in [-0.25, -0.2) is 9.59 Å². The van der Waals surface area contributed by atoms with Crippen LogP contribution in [0, 0.1) is 17.8 Å². The molecule has 0 aliphatic heterocycles. The summed E-state index contributed by atoms with van der Waals surface area (Å²) in [5.41, 5.74) is -2.95. The van der Waals surface area contributed by atoms with Gasteiger partial charge in [0, 0.05) is 5.57 Å². The minimum Gasteiger partial charge on any atom is -0.456 e. The first kappa shape index (κ1) is 29.2. The molecule has 0 rings (SSSR count). The lowest BCUT2D eigenvalue weighted by molar-refractivity contribution is -0.186. The number of alkyl halides is 3. The van der Waals surface area contributed by atoms with Crippen molar-refractivity contribution >= 4 is 11.9 Å². The molecule has 0 saturated heterocycles. The highest BCUT2D eigenvalue weighted by molar-refractivity contribution is 5.89. The molecule has 0 aromatic carbocycles. The molecule has 2 atom stereocenters. The molecule has 0 aromatic rings. The van der Waals surface area contributed by atoms with E-state index >= 15 is 0 Å². The fourth-order valence-corrected chi connectivity index (χ4v) is 4.10. The largest absolute Gasteiger partial charge is 0.456 e. The van der Waals surface area contributed by atoms with Crippen LogP contribution in [0.1, 0.15) is 81.1 Å². The van der Waals surface area contributed by atoms with Crippen molar-refractivity contribution in [3.05, 3.63) is 24.3 Å². The Hall–Kier alpha value is -1.79. The second-order valence-corrected chi connectivity index (χ2v) is 9.30. The molecular weight excluding hydrogens is 409 g/mol. The van der Waals surface area contributed by atoms with Gasteiger partial charge >= 0.3 is 18.1 Å². The number of halogens is 3. The first-order valence-electron chi connectivity index (χ1n) is 10.8. The molecular formula is C24H39F3O4. The summed E-state index contributed by atoms with van der Waals surface area (Å²) in [6.45, 7) is 21.1. The smallest absolute Gasteiger partial charge is 0.422 e. The fourth-order valence-electron chi connectivity index (χ4n) is 4.10. The van der Waals surface area contributed by atoms with Gasteiger partial charge in [0.15, 0.2) is 0 Å². The van der Waals surface area contributed by atoms with Crippen LogP contribution in [0.25, 0.3) is 0 Å². The van der Waals surface area contributed by atoms with Crippen LogP contribution in [-0.4, -0.2) is 29.3 Å². The topological polar surface area (TPSA) is 52.6 Å². The van der Waals surface area contributed by atoms with Gasteiger partial charge in [0.05, 0.1) is 0 Å². The van der Waals surface area contributed by atoms with Gasteiger partial charge in [-0.2, -0.15) is 13.2 Å². The second kappa shape index (κ2) is 11.2. The van der Waals surface area contributed by atoms with E-state index in [1.165, 1.54) is 0 Å². The molecule has 0 N–H and O–H groups in total. The SMILES string of the molecule is C=C(C)C(=O)OC(C)(CC)CCCC(C)C(OC(=O)C(=C)C(F)(F)F)(C(C)C)C(C)C. The maximum absolute atomic E-state index is 13.0. The molecule has 0 heterocycles. The summed E-state index contributed by atoms with van der Waals surface area (Å²) >= 11 is 0. The molecule has 0 fully saturated rings. The summed E-state index contributed by atoms with van der Waals surface area (Å²) in [5, 5.41) is 0. The molecule has 0 spiro atoms. The summed E-state index contributed by atoms with van der Waals surface area (Å²) in [6, 6.07) is 0. The third-order valence-corrected chi connectivity index (χ3v) is 6.21. The van der Waals surface area contributed by atoms with Gasteiger partial charge in [-0.1, -0.05) is 54.7 Å². The van der Waals surface area contributed by atoms with E-state index in [4.69, 9.17) is 9.47 Å². The Morgan fingerprint density at radius 3 is 1.77 bits per heavy atom. The van der Waals surface area contributed by atoms with E-state index in [-0.39, 0.29) is 17.8 Å². The zero-order chi connectivity index (χ0) is 24.8. The van der Waals surface area contributed by atoms with Gasteiger partial charge < -0.3 is 9.47 Å². The Morgan fingerprint density at radius 2 is 1.42 bits per heavy atom. The third kappa shape index (κ3) is 7.69. The second-order valence-electron chi connectivity index (χ2n) is 9.30. The van der Waals surface area contributed by atoms with Crippen molar-refractivity contribution in [2.45, 2.75) is 98.5 Å². The van der Waals surface area contributed by atoms with Gasteiger partial charge in [-0.3, -0.25) is 0 Å². The van der Waals surface area contributed by atoms with E-state index in [1.807, 2.05) is 48.5 Å². The van der Waals surface area contributed by atoms with E-state index in [2.05, 4.69) is 13.2 Å². The highest BCUT2D eigenvalue weighted by Crippen LogP contribution is 2.42. The van der Waals surface area contributed by atoms with Crippen molar-refractivity contribution in [3.8, 4) is 0 Å². The van der Waals surface area contributed by atoms with Crippen LogP contribution in [0.4, 0.5) is 13.2 Å². The predicted molar refractivity (Wildman–Crippen MR) is 116 cm³/mol. The first-order valence-corrected chi connectivity index (χ1v) is 10.8. The predicted octanol–water partition coefficient (Wildman–Crippen LogP) is 6.79. The van der Waals surface area contributed by atoms with Crippen LogP contribution in [0.2, 0.25) is 0 Å². The number of hydrogen-bond donors (Lipinski definition) is 0. The molecule has 7 heteroatoms. The van der Waals surface area contributed by atoms with Gasteiger partial charge in [-0.15, -0.1) is 0 Å². The van der Waals surface area contributed by atoms with Crippen LogP contribution >= 0.6 is 0 Å². The summed E-state index contributed by atoms with van der Waals surface area (Å²) < 4.78 is 50.0. The monoisotopic (exact) mass is 448 g/mol. The molecule has 0 saturated carbocycles. The minimum atomic E-state index is -4.84. The van der Waals surface area contributed by atoms with E-state index in [0.29, 0.717) is 31.3 Å². The van der Waals surface area contributed by atoms with Crippen LogP contribution in [0.3, 0.4) is 0 Å². The number of ether oxygens (including phenoxy) is 2. The van der Waals surface area contributed by atoms with Crippen molar-refractivity contribution in [2.24, 2.45) is 17.8 Å². The highest BCUT2D eigenvalue weighted by Gasteiger charge is 2.48. The first-order chi connectivity index (χ1) is 13.9. The van der Waals surface area contributed by atoms with Crippen molar-refractivity contribution in [1.82, 2.24) is 0 Å². The Balaban J connectivity index is 5.51. The minimum absolute atomic E-state index is 0.216. The fraction of sp³-hybridized carbons (Fsp3) is 0.750. The maximum atomic E-state index is 13.0. The molecule has 31 heavy (non-hydrogen) atoms. The van der Waals surface area contributed by atoms with Gasteiger partial charge in [0.1, 0.15) is 16.8 Å². The number of rotatable bonds is 12. The molecule has 0 aliphatic rings. The lowest BCUT2D eigenvalue weighted by Gasteiger charge is -2.45. The number of carbonyl (C=O) groups is 2. The Labute approximate surface area is 185 Å². The summed E-state index contributed by atoms with van der Waals surface area (Å²) in [6.07, 6.45) is -2.42. The van der Waals surface area contributed by atoms with Crippen molar-refractivity contribution in [2.75, 3.05) is 0 Å². The molecule has 0 bridgehead atoms. The molecule has 2 unspecified atom stereocenters. The lowest BCUT2D eigenvalue weighted by Crippen LogP contribution is -2.51. The maximum Gasteiger partial charge on any atom is 0.422 e. The molecule has 0 amide bonds. The lowest BCUT2D eigenvalue weighted by atomic mass is 9.69. The van der Waals surface area contributed by atoms with Gasteiger partial charge in [0.25, 0.3) is 0 Å². The average Bonchev–Trinajstić information content (AvgIpc) is 2.63. The Bertz CT molecular complexity index is 656. The van der Waals surface area contributed by atoms with Crippen molar-refractivity contribution < 1.29 is 32.2 Å². The van der Waals surface area contributed by atoms with E-state index < -0.39 is 34.9 Å². The standard InChI is InChI=1S/C24H39F3O4/c1-11-22(10,30-20(28)15(2)3)14-12-13-18(8)23(16(4)5,17(6)7)31-21(29)19(9)24(25,26)27/h16-18H,2,9,11-14H2,1,3-8,10H3. The molecule has 0 aromatic heterocycles. The van der Waals surface area contributed by atoms with E-state index in [0.717, 1.165) is 0 Å². The summed E-state index contributed by atoms with van der Waals surface area (Å²) in [4.78, 5) is 24.2. The van der Waals surface area contributed by atoms with Crippen LogP contribution in [0.15, 0.2) is 24.3 Å². The Morgan fingerprint density at radius 1 is 0.935 bits per heavy atom.